The lowest BCUT2D eigenvalue weighted by molar-refractivity contribution is -0.141. The molecule has 0 radical (unpaired) electrons. The van der Waals surface area contributed by atoms with Crippen molar-refractivity contribution in [3.63, 3.8) is 0 Å². The average Bonchev–Trinajstić information content (AvgIpc) is 3.50. The van der Waals surface area contributed by atoms with Crippen molar-refractivity contribution in [1.82, 2.24) is 24.5 Å². The standard InChI is InChI=1S/C26H27F3N6O8S/c1-16(2)42-25(37)40-15-41-35-34(43-35)32-13-19(14-32)24(36)31-44(38,39)21-10-8-20(9-11-21)33-22(12-23(30-33)26(27,28)29)18-6-4-17(3)5-7-18/h4-12,16,19H,13-15H2,1-3H3,(H,31,36). The lowest BCUT2D eigenvalue weighted by Gasteiger charge is -2.34. The summed E-state index contributed by atoms with van der Waals surface area (Å²) in [6.07, 6.45) is -5.98. The summed E-state index contributed by atoms with van der Waals surface area (Å²) in [5.74, 6) is -1.46. The number of nitrogens with one attached hydrogen (secondary N) is 1. The second kappa shape index (κ2) is 11.7. The summed E-state index contributed by atoms with van der Waals surface area (Å²) >= 11 is 0. The molecule has 4 aromatic rings. The van der Waals surface area contributed by atoms with E-state index in [0.29, 0.717) is 5.56 Å². The number of nitrogens with zero attached hydrogens (tertiary/aromatic N) is 5. The molecule has 236 valence electrons. The van der Waals surface area contributed by atoms with Crippen LogP contribution in [0.5, 0.6) is 0 Å². The Labute approximate surface area is 248 Å². The zero-order valence-corrected chi connectivity index (χ0v) is 24.3. The van der Waals surface area contributed by atoms with Crippen molar-refractivity contribution < 1.29 is 50.1 Å². The van der Waals surface area contributed by atoms with E-state index in [2.05, 4.69) is 9.84 Å². The number of benzene rings is 2. The molecule has 18 heteroatoms. The predicted octanol–water partition coefficient (Wildman–Crippen LogP) is 3.08. The van der Waals surface area contributed by atoms with E-state index >= 15 is 0 Å². The molecule has 1 aliphatic heterocycles. The highest BCUT2D eigenvalue weighted by Gasteiger charge is 2.40. The minimum absolute atomic E-state index is 0.0963. The molecule has 1 N–H and O–H groups in total. The van der Waals surface area contributed by atoms with Crippen molar-refractivity contribution >= 4 is 22.1 Å². The molecule has 0 unspecified atom stereocenters. The van der Waals surface area contributed by atoms with Crippen LogP contribution >= 0.6 is 0 Å². The van der Waals surface area contributed by atoms with Crippen LogP contribution in [0.4, 0.5) is 18.0 Å². The van der Waals surface area contributed by atoms with Crippen LogP contribution in [0.15, 0.2) is 64.1 Å². The molecule has 0 aliphatic carbocycles. The lowest BCUT2D eigenvalue weighted by atomic mass is 10.0. The summed E-state index contributed by atoms with van der Waals surface area (Å²) < 4.78 is 83.8. The maximum atomic E-state index is 13.5. The van der Waals surface area contributed by atoms with Crippen LogP contribution in [-0.2, 0) is 30.5 Å². The SMILES string of the molecule is Cc1ccc(-c2cc(C(F)(F)F)nn2-c2ccc(S(=O)(=O)NC(=O)C3CN(n4on4OCOC(=O)OC(C)C)C3)cc2)cc1. The molecule has 3 heterocycles. The van der Waals surface area contributed by atoms with E-state index in [0.717, 1.165) is 26.3 Å². The van der Waals surface area contributed by atoms with Gasteiger partial charge < -0.3 is 14.3 Å². The van der Waals surface area contributed by atoms with Crippen LogP contribution in [0.3, 0.4) is 0 Å². The van der Waals surface area contributed by atoms with E-state index in [9.17, 15) is 31.2 Å². The Hall–Kier alpha value is -4.87. The highest BCUT2D eigenvalue weighted by Crippen LogP contribution is 2.33. The van der Waals surface area contributed by atoms with Gasteiger partial charge in [-0.2, -0.15) is 22.9 Å². The number of carbonyl (C=O) groups is 2. The minimum Gasteiger partial charge on any atom is -0.431 e. The van der Waals surface area contributed by atoms with E-state index in [1.54, 1.807) is 38.1 Å². The topological polar surface area (TPSA) is 152 Å². The van der Waals surface area contributed by atoms with Crippen LogP contribution in [0.2, 0.25) is 0 Å². The molecule has 14 nitrogen and oxygen atoms in total. The van der Waals surface area contributed by atoms with Crippen molar-refractivity contribution in [3.8, 4) is 16.9 Å². The molecule has 0 atom stereocenters. The number of hydrogen-bond acceptors (Lipinski definition) is 10. The van der Waals surface area contributed by atoms with Gasteiger partial charge in [-0.25, -0.2) is 22.6 Å². The Morgan fingerprint density at radius 2 is 1.75 bits per heavy atom. The maximum Gasteiger partial charge on any atom is 0.511 e. The number of ether oxygens (including phenoxy) is 2. The third kappa shape index (κ3) is 6.85. The molecular formula is C26H27F3N6O8S. The summed E-state index contributed by atoms with van der Waals surface area (Å²) in [5.41, 5.74) is 0.650. The fourth-order valence-corrected chi connectivity index (χ4v) is 5.11. The largest absolute Gasteiger partial charge is 0.511 e. The third-order valence-corrected chi connectivity index (χ3v) is 7.74. The molecule has 1 fully saturated rings. The van der Waals surface area contributed by atoms with Crippen molar-refractivity contribution in [1.29, 1.82) is 0 Å². The van der Waals surface area contributed by atoms with Crippen LogP contribution in [0.1, 0.15) is 25.1 Å². The van der Waals surface area contributed by atoms with Crippen molar-refractivity contribution in [2.45, 2.75) is 37.9 Å². The molecule has 2 aromatic carbocycles. The fraction of sp³-hybridized carbons (Fsp3) is 0.346. The van der Waals surface area contributed by atoms with Crippen LogP contribution in [0.25, 0.3) is 16.9 Å². The van der Waals surface area contributed by atoms with Crippen molar-refractivity contribution in [2.75, 3.05) is 24.9 Å². The van der Waals surface area contributed by atoms with Gasteiger partial charge in [0.25, 0.3) is 16.8 Å². The first kappa shape index (κ1) is 30.6. The van der Waals surface area contributed by atoms with Gasteiger partial charge in [-0.3, -0.25) is 9.80 Å². The molecule has 0 bridgehead atoms. The molecule has 2 aromatic heterocycles. The summed E-state index contributed by atoms with van der Waals surface area (Å²) in [5, 5.41) is 6.11. The number of aromatic nitrogens is 4. The monoisotopic (exact) mass is 640 g/mol. The predicted molar refractivity (Wildman–Crippen MR) is 144 cm³/mol. The number of aryl methyl sites for hydroxylation is 1. The first-order chi connectivity index (χ1) is 20.7. The molecule has 44 heavy (non-hydrogen) atoms. The highest BCUT2D eigenvalue weighted by atomic mass is 32.2. The Morgan fingerprint density at radius 3 is 2.36 bits per heavy atom. The number of sulfonamides is 1. The van der Waals surface area contributed by atoms with E-state index in [1.165, 1.54) is 29.3 Å². The second-order valence-corrected chi connectivity index (χ2v) is 11.8. The van der Waals surface area contributed by atoms with E-state index < -0.39 is 46.7 Å². The van der Waals surface area contributed by atoms with Gasteiger partial charge in [0.2, 0.25) is 5.91 Å². The number of alkyl halides is 3. The molecule has 1 amide bonds. The Balaban J connectivity index is 1.19. The minimum atomic E-state index is -4.69. The van der Waals surface area contributed by atoms with Gasteiger partial charge >= 0.3 is 12.3 Å². The van der Waals surface area contributed by atoms with Gasteiger partial charge in [0.05, 0.1) is 41.4 Å². The summed E-state index contributed by atoms with van der Waals surface area (Å²) in [6.45, 7) is 4.85. The molecular weight excluding hydrogens is 613 g/mol. The lowest BCUT2D eigenvalue weighted by Crippen LogP contribution is -2.58. The fourth-order valence-electron chi connectivity index (χ4n) is 4.07. The summed E-state index contributed by atoms with van der Waals surface area (Å²) in [6, 6.07) is 12.7. The van der Waals surface area contributed by atoms with Crippen LogP contribution in [0, 0.1) is 12.8 Å². The zero-order chi connectivity index (χ0) is 31.8. The first-order valence-corrected chi connectivity index (χ1v) is 14.6. The summed E-state index contributed by atoms with van der Waals surface area (Å²) in [7, 11) is -4.29. The van der Waals surface area contributed by atoms with Crippen LogP contribution < -0.4 is 14.6 Å². The van der Waals surface area contributed by atoms with Gasteiger partial charge in [0.15, 0.2) is 5.69 Å². The third-order valence-electron chi connectivity index (χ3n) is 6.38. The van der Waals surface area contributed by atoms with Gasteiger partial charge in [-0.05, 0) is 51.1 Å². The smallest absolute Gasteiger partial charge is 0.431 e. The molecule has 1 saturated heterocycles. The number of hydrogen-bond donors (Lipinski definition) is 1. The van der Waals surface area contributed by atoms with Gasteiger partial charge in [-0.1, -0.05) is 29.8 Å². The first-order valence-electron chi connectivity index (χ1n) is 13.1. The Kier molecular flexibility index (Phi) is 8.11. The van der Waals surface area contributed by atoms with Gasteiger partial charge in [-0.15, -0.1) is 0 Å². The van der Waals surface area contributed by atoms with Crippen molar-refractivity contribution in [3.05, 3.63) is 65.9 Å². The second-order valence-electron chi connectivity index (χ2n) is 10.1. The molecule has 1 aliphatic rings. The molecule has 5 rings (SSSR count). The van der Waals surface area contributed by atoms with E-state index in [-0.39, 0.29) is 35.5 Å². The average molecular weight is 641 g/mol. The van der Waals surface area contributed by atoms with E-state index in [1.807, 2.05) is 11.6 Å². The highest BCUT2D eigenvalue weighted by molar-refractivity contribution is 7.90. The Bertz CT molecular complexity index is 1730. The Morgan fingerprint density at radius 1 is 1.09 bits per heavy atom. The van der Waals surface area contributed by atoms with E-state index in [4.69, 9.17) is 14.2 Å². The number of rotatable bonds is 10. The summed E-state index contributed by atoms with van der Waals surface area (Å²) in [4.78, 5) is 29.8. The van der Waals surface area contributed by atoms with Gasteiger partial charge in [0.1, 0.15) is 5.02 Å². The number of halogens is 3. The molecule has 0 spiro atoms. The number of carbonyl (C=O) groups excluding carboxylic acids is 2. The quantitative estimate of drug-likeness (QED) is 0.202. The zero-order valence-electron chi connectivity index (χ0n) is 23.5. The maximum absolute atomic E-state index is 13.5. The number of amides is 1. The van der Waals surface area contributed by atoms with Crippen LogP contribution in [-0.4, -0.2) is 66.2 Å². The van der Waals surface area contributed by atoms with Gasteiger partial charge in [0, 0.05) is 10.5 Å². The molecule has 0 saturated carbocycles. The van der Waals surface area contributed by atoms with Crippen molar-refractivity contribution in [2.24, 2.45) is 5.92 Å². The normalized spacial score (nSPS) is 14.0.